The number of nitrogens with zero attached hydrogens (tertiary/aromatic N) is 2. The van der Waals surface area contributed by atoms with Crippen molar-refractivity contribution in [2.75, 3.05) is 44.2 Å². The van der Waals surface area contributed by atoms with Crippen LogP contribution in [0.25, 0.3) is 10.9 Å². The summed E-state index contributed by atoms with van der Waals surface area (Å²) in [5, 5.41) is 2.26. The Morgan fingerprint density at radius 2 is 1.74 bits per heavy atom. The molecule has 2 heterocycles. The average molecular weight is 460 g/mol. The number of halogens is 2. The zero-order chi connectivity index (χ0) is 21.6. The second kappa shape index (κ2) is 10.4. The SMILES string of the molecule is O=c1ccc2ccc(OCCCCCN3CCN(c4cccc(Cl)c4Cl)CC3)cc2[nH]1. The third-order valence-electron chi connectivity index (χ3n) is 5.73. The lowest BCUT2D eigenvalue weighted by atomic mass is 10.2. The molecule has 0 unspecified atom stereocenters. The largest absolute Gasteiger partial charge is 0.494 e. The van der Waals surface area contributed by atoms with Crippen LogP contribution in [-0.4, -0.2) is 49.2 Å². The van der Waals surface area contributed by atoms with Crippen LogP contribution in [0.5, 0.6) is 5.75 Å². The summed E-state index contributed by atoms with van der Waals surface area (Å²) in [6.07, 6.45) is 3.30. The van der Waals surface area contributed by atoms with E-state index in [0.717, 1.165) is 74.3 Å². The molecule has 0 radical (unpaired) electrons. The molecule has 1 aliphatic heterocycles. The van der Waals surface area contributed by atoms with Gasteiger partial charge in [-0.05, 0) is 61.5 Å². The number of piperazine rings is 1. The summed E-state index contributed by atoms with van der Waals surface area (Å²) in [6, 6.07) is 15.0. The zero-order valence-corrected chi connectivity index (χ0v) is 19.0. The first kappa shape index (κ1) is 22.0. The average Bonchev–Trinajstić information content (AvgIpc) is 2.78. The van der Waals surface area contributed by atoms with Crippen LogP contribution >= 0.6 is 23.2 Å². The van der Waals surface area contributed by atoms with Crippen molar-refractivity contribution in [3.05, 3.63) is 68.9 Å². The van der Waals surface area contributed by atoms with E-state index in [-0.39, 0.29) is 5.56 Å². The Labute approximate surface area is 192 Å². The Kier molecular flexibility index (Phi) is 7.38. The van der Waals surface area contributed by atoms with E-state index in [1.54, 1.807) is 0 Å². The molecule has 0 atom stereocenters. The van der Waals surface area contributed by atoms with Gasteiger partial charge in [0.2, 0.25) is 5.56 Å². The molecule has 1 N–H and O–H groups in total. The quantitative estimate of drug-likeness (QED) is 0.469. The highest BCUT2D eigenvalue weighted by Gasteiger charge is 2.19. The molecule has 7 heteroatoms. The zero-order valence-electron chi connectivity index (χ0n) is 17.4. The fourth-order valence-corrected chi connectivity index (χ4v) is 4.39. The Hall–Kier alpha value is -2.21. The van der Waals surface area contributed by atoms with Crippen LogP contribution in [0.2, 0.25) is 10.0 Å². The van der Waals surface area contributed by atoms with Crippen molar-refractivity contribution >= 4 is 39.8 Å². The van der Waals surface area contributed by atoms with Crippen molar-refractivity contribution in [3.8, 4) is 5.75 Å². The number of ether oxygens (including phenoxy) is 1. The predicted molar refractivity (Wildman–Crippen MR) is 129 cm³/mol. The first-order valence-electron chi connectivity index (χ1n) is 10.8. The molecule has 1 saturated heterocycles. The van der Waals surface area contributed by atoms with Crippen LogP contribution in [0.3, 0.4) is 0 Å². The molecule has 1 aliphatic rings. The smallest absolute Gasteiger partial charge is 0.248 e. The van der Waals surface area contributed by atoms with Crippen LogP contribution < -0.4 is 15.2 Å². The van der Waals surface area contributed by atoms with Crippen LogP contribution in [0.1, 0.15) is 19.3 Å². The van der Waals surface area contributed by atoms with Gasteiger partial charge >= 0.3 is 0 Å². The lowest BCUT2D eigenvalue weighted by Crippen LogP contribution is -2.46. The van der Waals surface area contributed by atoms with Crippen molar-refractivity contribution in [2.45, 2.75) is 19.3 Å². The third-order valence-corrected chi connectivity index (χ3v) is 6.54. The molecule has 164 valence electrons. The number of fused-ring (bicyclic) bond motifs is 1. The third kappa shape index (κ3) is 5.73. The highest BCUT2D eigenvalue weighted by Crippen LogP contribution is 2.32. The fourth-order valence-electron chi connectivity index (χ4n) is 3.97. The second-order valence-electron chi connectivity index (χ2n) is 7.88. The molecule has 1 fully saturated rings. The van der Waals surface area contributed by atoms with Gasteiger partial charge in [-0.1, -0.05) is 29.3 Å². The van der Waals surface area contributed by atoms with E-state index in [2.05, 4.69) is 14.8 Å². The molecule has 31 heavy (non-hydrogen) atoms. The molecule has 4 rings (SSSR count). The van der Waals surface area contributed by atoms with Crippen LogP contribution in [0.15, 0.2) is 53.3 Å². The molecule has 3 aromatic rings. The maximum atomic E-state index is 11.5. The summed E-state index contributed by atoms with van der Waals surface area (Å²) in [5.74, 6) is 0.796. The topological polar surface area (TPSA) is 48.6 Å². The Morgan fingerprint density at radius 3 is 2.58 bits per heavy atom. The van der Waals surface area contributed by atoms with E-state index in [1.165, 1.54) is 6.07 Å². The number of rotatable bonds is 8. The summed E-state index contributed by atoms with van der Waals surface area (Å²) in [6.45, 7) is 5.79. The Bertz CT molecular complexity index is 1080. The normalized spacial score (nSPS) is 14.8. The lowest BCUT2D eigenvalue weighted by molar-refractivity contribution is 0.246. The van der Waals surface area contributed by atoms with Gasteiger partial charge < -0.3 is 14.6 Å². The van der Waals surface area contributed by atoms with E-state index in [0.29, 0.717) is 16.7 Å². The number of anilines is 1. The van der Waals surface area contributed by atoms with E-state index in [1.807, 2.05) is 42.5 Å². The molecular formula is C24H27Cl2N3O2. The number of benzene rings is 2. The van der Waals surface area contributed by atoms with Gasteiger partial charge in [0.05, 0.1) is 27.9 Å². The van der Waals surface area contributed by atoms with Crippen molar-refractivity contribution in [1.82, 2.24) is 9.88 Å². The van der Waals surface area contributed by atoms with Gasteiger partial charge in [-0.25, -0.2) is 0 Å². The summed E-state index contributed by atoms with van der Waals surface area (Å²) in [7, 11) is 0. The van der Waals surface area contributed by atoms with E-state index in [4.69, 9.17) is 27.9 Å². The number of aromatic nitrogens is 1. The standard InChI is InChI=1S/C24H27Cl2N3O2/c25-20-5-4-6-22(24(20)26)29-14-12-28(13-15-29)11-2-1-3-16-31-19-9-7-18-8-10-23(30)27-21(18)17-19/h4-10,17H,1-3,11-16H2,(H,27,30). The van der Waals surface area contributed by atoms with Crippen molar-refractivity contribution in [2.24, 2.45) is 0 Å². The molecule has 5 nitrogen and oxygen atoms in total. The lowest BCUT2D eigenvalue weighted by Gasteiger charge is -2.36. The molecule has 0 saturated carbocycles. The van der Waals surface area contributed by atoms with E-state index in [9.17, 15) is 4.79 Å². The number of unbranched alkanes of at least 4 members (excludes halogenated alkanes) is 2. The fraction of sp³-hybridized carbons (Fsp3) is 0.375. The highest BCUT2D eigenvalue weighted by molar-refractivity contribution is 6.43. The number of aromatic amines is 1. The van der Waals surface area contributed by atoms with Gasteiger partial charge in [0, 0.05) is 38.3 Å². The van der Waals surface area contributed by atoms with Crippen molar-refractivity contribution in [1.29, 1.82) is 0 Å². The number of pyridine rings is 1. The van der Waals surface area contributed by atoms with Crippen LogP contribution in [-0.2, 0) is 0 Å². The monoisotopic (exact) mass is 459 g/mol. The van der Waals surface area contributed by atoms with Crippen LogP contribution in [0, 0.1) is 0 Å². The summed E-state index contributed by atoms with van der Waals surface area (Å²) < 4.78 is 5.86. The minimum Gasteiger partial charge on any atom is -0.494 e. The molecule has 0 aliphatic carbocycles. The number of hydrogen-bond acceptors (Lipinski definition) is 4. The first-order chi connectivity index (χ1) is 15.1. The van der Waals surface area contributed by atoms with E-state index < -0.39 is 0 Å². The van der Waals surface area contributed by atoms with Gasteiger partial charge in [-0.2, -0.15) is 0 Å². The summed E-state index contributed by atoms with van der Waals surface area (Å²) in [5.41, 5.74) is 1.74. The second-order valence-corrected chi connectivity index (χ2v) is 8.67. The number of H-pyrrole nitrogens is 1. The van der Waals surface area contributed by atoms with Gasteiger partial charge in [0.15, 0.2) is 0 Å². The first-order valence-corrected chi connectivity index (χ1v) is 11.5. The maximum absolute atomic E-state index is 11.5. The number of nitrogens with one attached hydrogen (secondary N) is 1. The highest BCUT2D eigenvalue weighted by atomic mass is 35.5. The van der Waals surface area contributed by atoms with Gasteiger partial charge in [0.1, 0.15) is 5.75 Å². The van der Waals surface area contributed by atoms with Crippen LogP contribution in [0.4, 0.5) is 5.69 Å². The maximum Gasteiger partial charge on any atom is 0.248 e. The summed E-state index contributed by atoms with van der Waals surface area (Å²) in [4.78, 5) is 19.1. The molecule has 0 amide bonds. The minimum absolute atomic E-state index is 0.0962. The molecule has 0 bridgehead atoms. The Morgan fingerprint density at radius 1 is 0.935 bits per heavy atom. The number of hydrogen-bond donors (Lipinski definition) is 1. The molecule has 2 aromatic carbocycles. The molecule has 1 aromatic heterocycles. The predicted octanol–water partition coefficient (Wildman–Crippen LogP) is 5.21. The van der Waals surface area contributed by atoms with Crippen molar-refractivity contribution in [3.63, 3.8) is 0 Å². The van der Waals surface area contributed by atoms with Gasteiger partial charge in [-0.15, -0.1) is 0 Å². The Balaban J connectivity index is 1.14. The molecule has 0 spiro atoms. The van der Waals surface area contributed by atoms with Gasteiger partial charge in [-0.3, -0.25) is 9.69 Å². The minimum atomic E-state index is -0.0962. The molecular weight excluding hydrogens is 433 g/mol. The van der Waals surface area contributed by atoms with Gasteiger partial charge in [0.25, 0.3) is 0 Å². The summed E-state index contributed by atoms with van der Waals surface area (Å²) >= 11 is 12.5. The van der Waals surface area contributed by atoms with E-state index >= 15 is 0 Å². The van der Waals surface area contributed by atoms with Crippen molar-refractivity contribution < 1.29 is 4.74 Å².